The molecule has 2 heteroatoms. The first-order valence-electron chi connectivity index (χ1n) is 9.16. The number of amides is 1. The fraction of sp³-hybridized carbons (Fsp3) is 0.409. The highest BCUT2D eigenvalue weighted by atomic mass is 16.2. The molecule has 124 valence electrons. The number of benzene rings is 2. The Morgan fingerprint density at radius 2 is 1.50 bits per heavy atom. The van der Waals surface area contributed by atoms with Crippen LogP contribution in [0.4, 0.5) is 0 Å². The van der Waals surface area contributed by atoms with Gasteiger partial charge in [-0.25, -0.2) is 0 Å². The molecule has 1 amide bonds. The molecule has 1 saturated heterocycles. The molecule has 0 spiro atoms. The summed E-state index contributed by atoms with van der Waals surface area (Å²) in [5, 5.41) is 0. The number of carbonyl (C=O) groups excluding carboxylic acids is 1. The maximum Gasteiger partial charge on any atom is 0.234 e. The van der Waals surface area contributed by atoms with E-state index in [0.29, 0.717) is 11.8 Å². The first-order chi connectivity index (χ1) is 11.8. The Balaban J connectivity index is 1.76. The lowest BCUT2D eigenvalue weighted by molar-refractivity contribution is -0.135. The third-order valence-electron chi connectivity index (χ3n) is 6.01. The Morgan fingerprint density at radius 1 is 0.917 bits per heavy atom. The average molecular weight is 319 g/mol. The van der Waals surface area contributed by atoms with Crippen LogP contribution in [0.5, 0.6) is 0 Å². The molecule has 1 aliphatic carbocycles. The monoisotopic (exact) mass is 319 g/mol. The molecule has 2 nitrogen and oxygen atoms in total. The summed E-state index contributed by atoms with van der Waals surface area (Å²) in [4.78, 5) is 15.7. The summed E-state index contributed by atoms with van der Waals surface area (Å²) < 4.78 is 0. The van der Waals surface area contributed by atoms with Crippen molar-refractivity contribution in [2.45, 2.75) is 37.5 Å². The zero-order valence-electron chi connectivity index (χ0n) is 14.3. The van der Waals surface area contributed by atoms with Gasteiger partial charge in [-0.2, -0.15) is 0 Å². The smallest absolute Gasteiger partial charge is 0.234 e. The fourth-order valence-electron chi connectivity index (χ4n) is 4.74. The number of rotatable bonds is 3. The van der Waals surface area contributed by atoms with E-state index in [1.165, 1.54) is 17.5 Å². The van der Waals surface area contributed by atoms with Crippen molar-refractivity contribution in [1.82, 2.24) is 4.90 Å². The van der Waals surface area contributed by atoms with E-state index in [1.807, 2.05) is 12.1 Å². The van der Waals surface area contributed by atoms with E-state index in [-0.39, 0.29) is 11.3 Å². The van der Waals surface area contributed by atoms with E-state index in [0.717, 1.165) is 25.9 Å². The molecule has 1 aliphatic heterocycles. The molecule has 1 heterocycles. The lowest BCUT2D eigenvalue weighted by Gasteiger charge is -2.32. The maximum absolute atomic E-state index is 13.6. The summed E-state index contributed by atoms with van der Waals surface area (Å²) in [6, 6.07) is 21.0. The van der Waals surface area contributed by atoms with Gasteiger partial charge in [0.25, 0.3) is 0 Å². The van der Waals surface area contributed by atoms with Crippen LogP contribution in [0.1, 0.15) is 43.2 Å². The van der Waals surface area contributed by atoms with Crippen molar-refractivity contribution in [2.75, 3.05) is 13.1 Å². The van der Waals surface area contributed by atoms with Crippen LogP contribution in [0.3, 0.4) is 0 Å². The SMILES string of the molecule is C[C@@H]1[C@H](c2ccccc2)[C@@]1(C(=O)N1CCCCC1)c1ccccc1. The van der Waals surface area contributed by atoms with Crippen molar-refractivity contribution in [2.24, 2.45) is 5.92 Å². The second kappa shape index (κ2) is 6.08. The minimum Gasteiger partial charge on any atom is -0.342 e. The molecular formula is C22H25NO. The van der Waals surface area contributed by atoms with Crippen LogP contribution in [0.15, 0.2) is 60.7 Å². The van der Waals surface area contributed by atoms with Gasteiger partial charge >= 0.3 is 0 Å². The quantitative estimate of drug-likeness (QED) is 0.822. The van der Waals surface area contributed by atoms with E-state index >= 15 is 0 Å². The third kappa shape index (κ3) is 2.28. The zero-order chi connectivity index (χ0) is 16.6. The number of nitrogens with zero attached hydrogens (tertiary/aromatic N) is 1. The Labute approximate surface area is 144 Å². The van der Waals surface area contributed by atoms with Gasteiger partial charge in [-0.05, 0) is 36.3 Å². The van der Waals surface area contributed by atoms with E-state index in [2.05, 4.69) is 60.4 Å². The Kier molecular flexibility index (Phi) is 3.91. The lowest BCUT2D eigenvalue weighted by atomic mass is 9.87. The lowest BCUT2D eigenvalue weighted by Crippen LogP contribution is -2.43. The van der Waals surface area contributed by atoms with Crippen LogP contribution in [-0.2, 0) is 10.2 Å². The molecule has 2 aromatic rings. The fourth-order valence-corrected chi connectivity index (χ4v) is 4.74. The van der Waals surface area contributed by atoms with Crippen LogP contribution in [0, 0.1) is 5.92 Å². The number of hydrogen-bond donors (Lipinski definition) is 0. The number of hydrogen-bond acceptors (Lipinski definition) is 1. The first kappa shape index (κ1) is 15.4. The second-order valence-electron chi connectivity index (χ2n) is 7.26. The third-order valence-corrected chi connectivity index (χ3v) is 6.01. The van der Waals surface area contributed by atoms with Crippen LogP contribution >= 0.6 is 0 Å². The van der Waals surface area contributed by atoms with E-state index in [9.17, 15) is 4.79 Å². The normalized spacial score (nSPS) is 29.3. The molecule has 0 radical (unpaired) electrons. The molecule has 3 atom stereocenters. The maximum atomic E-state index is 13.6. The minimum atomic E-state index is -0.375. The molecule has 2 aromatic carbocycles. The van der Waals surface area contributed by atoms with Gasteiger partial charge in [-0.3, -0.25) is 4.79 Å². The van der Waals surface area contributed by atoms with Crippen molar-refractivity contribution in [3.63, 3.8) is 0 Å². The van der Waals surface area contributed by atoms with Gasteiger partial charge in [0.1, 0.15) is 0 Å². The summed E-state index contributed by atoms with van der Waals surface area (Å²) in [7, 11) is 0. The zero-order valence-corrected chi connectivity index (χ0v) is 14.3. The van der Waals surface area contributed by atoms with Gasteiger partial charge in [-0.1, -0.05) is 67.6 Å². The van der Waals surface area contributed by atoms with Crippen molar-refractivity contribution < 1.29 is 4.79 Å². The minimum absolute atomic E-state index is 0.288. The Bertz CT molecular complexity index is 705. The topological polar surface area (TPSA) is 20.3 Å². The highest BCUT2D eigenvalue weighted by molar-refractivity contribution is 5.94. The van der Waals surface area contributed by atoms with Crippen LogP contribution < -0.4 is 0 Å². The summed E-state index contributed by atoms with van der Waals surface area (Å²) in [6.45, 7) is 4.08. The van der Waals surface area contributed by atoms with Gasteiger partial charge < -0.3 is 4.90 Å². The second-order valence-corrected chi connectivity index (χ2v) is 7.26. The molecule has 0 unspecified atom stereocenters. The highest BCUT2D eigenvalue weighted by Crippen LogP contribution is 2.66. The summed E-state index contributed by atoms with van der Waals surface area (Å²) in [5.41, 5.74) is 2.10. The van der Waals surface area contributed by atoms with Crippen molar-refractivity contribution in [3.05, 3.63) is 71.8 Å². The molecular weight excluding hydrogens is 294 g/mol. The largest absolute Gasteiger partial charge is 0.342 e. The number of carbonyl (C=O) groups is 1. The summed E-state index contributed by atoms with van der Waals surface area (Å²) >= 11 is 0. The molecule has 24 heavy (non-hydrogen) atoms. The number of likely N-dealkylation sites (tertiary alicyclic amines) is 1. The summed E-state index contributed by atoms with van der Waals surface area (Å²) in [6.07, 6.45) is 3.53. The predicted molar refractivity (Wildman–Crippen MR) is 96.9 cm³/mol. The molecule has 0 aromatic heterocycles. The van der Waals surface area contributed by atoms with Crippen molar-refractivity contribution in [1.29, 1.82) is 0 Å². The number of piperidine rings is 1. The standard InChI is InChI=1S/C22H25NO/c1-17-20(18-11-5-2-6-12-18)22(17,19-13-7-3-8-14-19)21(24)23-15-9-4-10-16-23/h2-3,5-8,11-14,17,20H,4,9-10,15-16H2,1H3/t17-,20-,22+/m1/s1. The van der Waals surface area contributed by atoms with Crippen LogP contribution in [0.2, 0.25) is 0 Å². The van der Waals surface area contributed by atoms with Crippen molar-refractivity contribution in [3.8, 4) is 0 Å². The Hall–Kier alpha value is -2.09. The van der Waals surface area contributed by atoms with Gasteiger partial charge in [-0.15, -0.1) is 0 Å². The Morgan fingerprint density at radius 3 is 2.12 bits per heavy atom. The van der Waals surface area contributed by atoms with Gasteiger partial charge in [0, 0.05) is 19.0 Å². The predicted octanol–water partition coefficient (Wildman–Crippen LogP) is 4.37. The van der Waals surface area contributed by atoms with Crippen LogP contribution in [-0.4, -0.2) is 23.9 Å². The van der Waals surface area contributed by atoms with Gasteiger partial charge in [0.05, 0.1) is 5.41 Å². The molecule has 2 fully saturated rings. The van der Waals surface area contributed by atoms with E-state index in [4.69, 9.17) is 0 Å². The molecule has 4 rings (SSSR count). The van der Waals surface area contributed by atoms with Gasteiger partial charge in [0.15, 0.2) is 0 Å². The molecule has 1 saturated carbocycles. The highest BCUT2D eigenvalue weighted by Gasteiger charge is 2.69. The van der Waals surface area contributed by atoms with Gasteiger partial charge in [0.2, 0.25) is 5.91 Å². The van der Waals surface area contributed by atoms with Crippen LogP contribution in [0.25, 0.3) is 0 Å². The average Bonchev–Trinajstić information content (AvgIpc) is 3.29. The van der Waals surface area contributed by atoms with E-state index in [1.54, 1.807) is 0 Å². The first-order valence-corrected chi connectivity index (χ1v) is 9.16. The summed E-state index contributed by atoms with van der Waals surface area (Å²) in [5.74, 6) is 0.974. The van der Waals surface area contributed by atoms with E-state index < -0.39 is 0 Å². The molecule has 2 aliphatic rings. The molecule has 0 N–H and O–H groups in total. The van der Waals surface area contributed by atoms with Crippen molar-refractivity contribution >= 4 is 5.91 Å². The molecule has 0 bridgehead atoms.